The quantitative estimate of drug-likeness (QED) is 0.358. The summed E-state index contributed by atoms with van der Waals surface area (Å²) in [6.45, 7) is 3.34. The van der Waals surface area contributed by atoms with Crippen LogP contribution in [0.15, 0.2) is 23.3 Å². The van der Waals surface area contributed by atoms with Gasteiger partial charge in [-0.15, -0.1) is 0 Å². The number of esters is 1. The second-order valence-electron chi connectivity index (χ2n) is 5.54. The third-order valence-corrected chi connectivity index (χ3v) is 4.05. The molecule has 1 fully saturated rings. The molecule has 10 heteroatoms. The van der Waals surface area contributed by atoms with E-state index in [2.05, 4.69) is 10.5 Å². The van der Waals surface area contributed by atoms with Crippen molar-refractivity contribution in [3.8, 4) is 0 Å². The minimum atomic E-state index is -1.11. The van der Waals surface area contributed by atoms with Crippen molar-refractivity contribution in [3.63, 3.8) is 0 Å². The van der Waals surface area contributed by atoms with E-state index in [0.29, 0.717) is 5.56 Å². The largest absolute Gasteiger partial charge is 0.461 e. The number of hydrazone groups is 1. The lowest BCUT2D eigenvalue weighted by molar-refractivity contribution is -0.384. The molecule has 2 heterocycles. The van der Waals surface area contributed by atoms with Gasteiger partial charge in [0.05, 0.1) is 17.2 Å². The summed E-state index contributed by atoms with van der Waals surface area (Å²) in [5, 5.41) is 14.7. The van der Waals surface area contributed by atoms with Gasteiger partial charge in [0.1, 0.15) is 12.0 Å². The lowest BCUT2D eigenvalue weighted by atomic mass is 9.99. The predicted molar refractivity (Wildman–Crippen MR) is 84.8 cm³/mol. The average Bonchev–Trinajstić information content (AvgIpc) is 3.10. The number of non-ortho nitro benzene ring substituents is 1. The van der Waals surface area contributed by atoms with Crippen LogP contribution in [-0.4, -0.2) is 41.1 Å². The first kappa shape index (κ1) is 16.6. The predicted octanol–water partition coefficient (Wildman–Crippen LogP) is 0.284. The normalized spacial score (nSPS) is 21.7. The SMILES string of the molecule is CCOC(=O)C1=NNC2C(=O)N(c3cc([N+](=O)[O-])ccc3C)C(=O)C12. The maximum atomic E-state index is 12.8. The topological polar surface area (TPSA) is 131 Å². The number of nitro groups is 1. The second-order valence-corrected chi connectivity index (χ2v) is 5.54. The highest BCUT2D eigenvalue weighted by Gasteiger charge is 2.56. The molecule has 0 aromatic heterocycles. The third kappa shape index (κ3) is 2.51. The van der Waals surface area contributed by atoms with E-state index in [1.54, 1.807) is 13.8 Å². The zero-order valence-corrected chi connectivity index (χ0v) is 13.4. The molecule has 0 radical (unpaired) electrons. The summed E-state index contributed by atoms with van der Waals surface area (Å²) in [4.78, 5) is 48.5. The van der Waals surface area contributed by atoms with Crippen LogP contribution in [0.4, 0.5) is 11.4 Å². The van der Waals surface area contributed by atoms with E-state index < -0.39 is 34.7 Å². The number of rotatable bonds is 4. The highest BCUT2D eigenvalue weighted by Crippen LogP contribution is 2.34. The number of carbonyl (C=O) groups excluding carboxylic acids is 3. The molecule has 2 aliphatic rings. The van der Waals surface area contributed by atoms with E-state index in [-0.39, 0.29) is 23.7 Å². The van der Waals surface area contributed by atoms with Gasteiger partial charge >= 0.3 is 5.97 Å². The van der Waals surface area contributed by atoms with Crippen molar-refractivity contribution in [1.82, 2.24) is 5.43 Å². The van der Waals surface area contributed by atoms with Gasteiger partial charge in [0.15, 0.2) is 5.71 Å². The smallest absolute Gasteiger partial charge is 0.355 e. The van der Waals surface area contributed by atoms with Gasteiger partial charge in [-0.05, 0) is 19.4 Å². The number of nitro benzene ring substituents is 1. The van der Waals surface area contributed by atoms with Crippen LogP contribution in [0, 0.1) is 23.0 Å². The van der Waals surface area contributed by atoms with Crippen molar-refractivity contribution in [1.29, 1.82) is 0 Å². The average molecular weight is 346 g/mol. The highest BCUT2D eigenvalue weighted by molar-refractivity contribution is 6.46. The van der Waals surface area contributed by atoms with Crippen molar-refractivity contribution in [2.75, 3.05) is 11.5 Å². The van der Waals surface area contributed by atoms with E-state index in [9.17, 15) is 24.5 Å². The number of amides is 2. The summed E-state index contributed by atoms with van der Waals surface area (Å²) in [5.41, 5.74) is 2.70. The molecule has 1 aromatic rings. The van der Waals surface area contributed by atoms with Crippen LogP contribution in [0.25, 0.3) is 0 Å². The maximum Gasteiger partial charge on any atom is 0.355 e. The number of aryl methyl sites for hydroxylation is 1. The minimum absolute atomic E-state index is 0.102. The molecule has 10 nitrogen and oxygen atoms in total. The van der Waals surface area contributed by atoms with Gasteiger partial charge in [0, 0.05) is 12.1 Å². The van der Waals surface area contributed by atoms with Crippen molar-refractivity contribution in [3.05, 3.63) is 33.9 Å². The first-order valence-electron chi connectivity index (χ1n) is 7.50. The van der Waals surface area contributed by atoms with Crippen molar-refractivity contribution in [2.24, 2.45) is 11.0 Å². The number of hydrogen-bond donors (Lipinski definition) is 1. The van der Waals surface area contributed by atoms with Crippen molar-refractivity contribution >= 4 is 34.9 Å². The van der Waals surface area contributed by atoms with Gasteiger partial charge in [-0.3, -0.25) is 25.1 Å². The molecule has 2 unspecified atom stereocenters. The molecule has 2 atom stereocenters. The number of anilines is 1. The second kappa shape index (κ2) is 5.96. The molecule has 1 aromatic carbocycles. The van der Waals surface area contributed by atoms with Crippen molar-refractivity contribution < 1.29 is 24.0 Å². The van der Waals surface area contributed by atoms with Crippen LogP contribution >= 0.6 is 0 Å². The Bertz CT molecular complexity index is 833. The first-order chi connectivity index (χ1) is 11.9. The van der Waals surface area contributed by atoms with Crippen LogP contribution < -0.4 is 10.3 Å². The van der Waals surface area contributed by atoms with E-state index in [1.165, 1.54) is 12.1 Å². The number of hydrogen-bond acceptors (Lipinski definition) is 8. The molecule has 1 saturated heterocycles. The highest BCUT2D eigenvalue weighted by atomic mass is 16.6. The molecule has 0 spiro atoms. The van der Waals surface area contributed by atoms with Crippen LogP contribution in [0.1, 0.15) is 12.5 Å². The first-order valence-corrected chi connectivity index (χ1v) is 7.50. The van der Waals surface area contributed by atoms with Gasteiger partial charge < -0.3 is 4.74 Å². The van der Waals surface area contributed by atoms with Gasteiger partial charge in [0.25, 0.3) is 11.6 Å². The minimum Gasteiger partial charge on any atom is -0.461 e. The summed E-state index contributed by atoms with van der Waals surface area (Å²) >= 11 is 0. The molecule has 130 valence electrons. The van der Waals surface area contributed by atoms with Gasteiger partial charge in [-0.25, -0.2) is 9.69 Å². The maximum absolute atomic E-state index is 12.8. The summed E-state index contributed by atoms with van der Waals surface area (Å²) in [7, 11) is 0. The molecule has 1 N–H and O–H groups in total. The molecule has 2 aliphatic heterocycles. The molecule has 0 bridgehead atoms. The number of imide groups is 1. The Morgan fingerprint density at radius 1 is 1.40 bits per heavy atom. The Morgan fingerprint density at radius 3 is 2.76 bits per heavy atom. The van der Waals surface area contributed by atoms with Crippen LogP contribution in [-0.2, 0) is 19.1 Å². The van der Waals surface area contributed by atoms with Crippen LogP contribution in [0.3, 0.4) is 0 Å². The summed E-state index contributed by atoms with van der Waals surface area (Å²) in [6.07, 6.45) is 0. The molecule has 2 amide bonds. The number of ether oxygens (including phenoxy) is 1. The number of fused-ring (bicyclic) bond motifs is 1. The molecular formula is C15H14N4O6. The third-order valence-electron chi connectivity index (χ3n) is 4.05. The molecule has 25 heavy (non-hydrogen) atoms. The van der Waals surface area contributed by atoms with Crippen molar-refractivity contribution in [2.45, 2.75) is 19.9 Å². The Balaban J connectivity index is 1.99. The molecule has 0 aliphatic carbocycles. The van der Waals surface area contributed by atoms with Gasteiger partial charge in [-0.1, -0.05) is 6.07 Å². The van der Waals surface area contributed by atoms with Crippen LogP contribution in [0.2, 0.25) is 0 Å². The Labute approximate surface area is 141 Å². The zero-order valence-electron chi connectivity index (χ0n) is 13.4. The molecule has 3 rings (SSSR count). The Kier molecular flexibility index (Phi) is 3.95. The number of nitrogens with one attached hydrogen (secondary N) is 1. The summed E-state index contributed by atoms with van der Waals surface area (Å²) in [6, 6.07) is 2.88. The zero-order chi connectivity index (χ0) is 18.3. The standard InChI is InChI=1S/C15H14N4O6/c1-3-25-15(22)12-10-11(16-17-12)14(21)18(13(10)20)9-6-8(19(23)24)5-4-7(9)2/h4-6,10-11,16H,3H2,1-2H3. The monoisotopic (exact) mass is 346 g/mol. The summed E-state index contributed by atoms with van der Waals surface area (Å²) < 4.78 is 4.85. The van der Waals surface area contributed by atoms with E-state index in [0.717, 1.165) is 11.0 Å². The number of nitrogens with zero attached hydrogens (tertiary/aromatic N) is 3. The van der Waals surface area contributed by atoms with Crippen LogP contribution in [0.5, 0.6) is 0 Å². The Morgan fingerprint density at radius 2 is 2.12 bits per heavy atom. The number of carbonyl (C=O) groups is 3. The fourth-order valence-electron chi connectivity index (χ4n) is 2.85. The Hall–Kier alpha value is -3.30. The summed E-state index contributed by atoms with van der Waals surface area (Å²) in [5.74, 6) is -3.18. The van der Waals surface area contributed by atoms with Gasteiger partial charge in [-0.2, -0.15) is 5.10 Å². The fourth-order valence-corrected chi connectivity index (χ4v) is 2.85. The molecular weight excluding hydrogens is 332 g/mol. The number of benzene rings is 1. The van der Waals surface area contributed by atoms with E-state index >= 15 is 0 Å². The molecule has 0 saturated carbocycles. The van der Waals surface area contributed by atoms with E-state index in [4.69, 9.17) is 4.74 Å². The lowest BCUT2D eigenvalue weighted by Gasteiger charge is -2.17. The van der Waals surface area contributed by atoms with Gasteiger partial charge in [0.2, 0.25) is 5.91 Å². The lowest BCUT2D eigenvalue weighted by Crippen LogP contribution is -2.36. The van der Waals surface area contributed by atoms with E-state index in [1.807, 2.05) is 0 Å². The fraction of sp³-hybridized carbons (Fsp3) is 0.333.